The maximum absolute atomic E-state index is 4.49. The molecule has 0 aliphatic carbocycles. The molecule has 0 saturated carbocycles. The van der Waals surface area contributed by atoms with Crippen LogP contribution in [-0.4, -0.2) is 38.4 Å². The molecule has 0 radical (unpaired) electrons. The molecular weight excluding hydrogens is 428 g/mol. The summed E-state index contributed by atoms with van der Waals surface area (Å²) in [5.41, 5.74) is 3.66. The van der Waals surface area contributed by atoms with E-state index in [4.69, 9.17) is 0 Å². The highest BCUT2D eigenvalue weighted by molar-refractivity contribution is 8.76. The van der Waals surface area contributed by atoms with Crippen LogP contribution in [0.25, 0.3) is 6.08 Å². The summed E-state index contributed by atoms with van der Waals surface area (Å²) in [5.74, 6) is 2.62. The van der Waals surface area contributed by atoms with Crippen molar-refractivity contribution in [2.24, 2.45) is 4.99 Å². The molecule has 0 fully saturated rings. The fourth-order valence-corrected chi connectivity index (χ4v) is 5.28. The predicted molar refractivity (Wildman–Crippen MR) is 154 cm³/mol. The molecule has 32 heavy (non-hydrogen) atoms. The van der Waals surface area contributed by atoms with Crippen LogP contribution in [0, 0.1) is 0 Å². The molecule has 178 valence electrons. The molecule has 1 rings (SSSR count). The Morgan fingerprint density at radius 3 is 2.19 bits per heavy atom. The smallest absolute Gasteiger partial charge is 0.0389 e. The highest BCUT2D eigenvalue weighted by atomic mass is 33.1. The maximum atomic E-state index is 4.49. The monoisotopic (exact) mass is 472 g/mol. The van der Waals surface area contributed by atoms with Crippen LogP contribution < -0.4 is 4.90 Å². The molecular formula is C28H44N2S2. The van der Waals surface area contributed by atoms with Gasteiger partial charge in [0.05, 0.1) is 0 Å². The number of aliphatic imine (C=N–C) groups is 1. The van der Waals surface area contributed by atoms with Gasteiger partial charge in [-0.05, 0) is 50.0 Å². The van der Waals surface area contributed by atoms with Crippen molar-refractivity contribution < 1.29 is 0 Å². The number of anilines is 1. The Bertz CT molecular complexity index is 688. The molecule has 0 unspecified atom stereocenters. The number of hydrogen-bond donors (Lipinski definition) is 0. The summed E-state index contributed by atoms with van der Waals surface area (Å²) in [4.78, 5) is 6.61. The highest BCUT2D eigenvalue weighted by Crippen LogP contribution is 2.24. The molecule has 0 spiro atoms. The second-order valence-electron chi connectivity index (χ2n) is 8.29. The van der Waals surface area contributed by atoms with Crippen LogP contribution in [0.1, 0.15) is 70.8 Å². The van der Waals surface area contributed by atoms with Gasteiger partial charge in [0.25, 0.3) is 0 Å². The van der Waals surface area contributed by atoms with Gasteiger partial charge in [0, 0.05) is 44.0 Å². The molecule has 2 nitrogen and oxygen atoms in total. The number of rotatable bonds is 18. The third-order valence-electron chi connectivity index (χ3n) is 5.04. The van der Waals surface area contributed by atoms with Crippen molar-refractivity contribution in [3.63, 3.8) is 0 Å². The van der Waals surface area contributed by atoms with E-state index >= 15 is 0 Å². The van der Waals surface area contributed by atoms with Gasteiger partial charge in [-0.1, -0.05) is 103 Å². The number of hydrogen-bond acceptors (Lipinski definition) is 4. The van der Waals surface area contributed by atoms with Crippen molar-refractivity contribution in [2.75, 3.05) is 37.0 Å². The van der Waals surface area contributed by atoms with Crippen molar-refractivity contribution in [1.29, 1.82) is 0 Å². The van der Waals surface area contributed by atoms with Crippen LogP contribution >= 0.6 is 21.6 Å². The highest BCUT2D eigenvalue weighted by Gasteiger charge is 1.94. The Balaban J connectivity index is 2.04. The van der Waals surface area contributed by atoms with Crippen LogP contribution in [0.5, 0.6) is 0 Å². The second-order valence-corrected chi connectivity index (χ2v) is 11.0. The predicted octanol–water partition coefficient (Wildman–Crippen LogP) is 8.86. The molecule has 0 aliphatic heterocycles. The molecule has 4 heteroatoms. The summed E-state index contributed by atoms with van der Waals surface area (Å²) in [6.45, 7) is 5.33. The molecule has 0 saturated heterocycles. The van der Waals surface area contributed by atoms with Gasteiger partial charge in [-0.3, -0.25) is 4.99 Å². The van der Waals surface area contributed by atoms with Gasteiger partial charge in [0.15, 0.2) is 0 Å². The van der Waals surface area contributed by atoms with Gasteiger partial charge in [-0.15, -0.1) is 0 Å². The lowest BCUT2D eigenvalue weighted by atomic mass is 10.1. The summed E-state index contributed by atoms with van der Waals surface area (Å²) >= 11 is 0. The number of benzene rings is 1. The average Bonchev–Trinajstić information content (AvgIpc) is 2.80. The zero-order valence-electron chi connectivity index (χ0n) is 20.8. The summed E-state index contributed by atoms with van der Waals surface area (Å²) in [6, 6.07) is 8.58. The normalized spacial score (nSPS) is 12.6. The zero-order chi connectivity index (χ0) is 23.3. The third-order valence-corrected chi connectivity index (χ3v) is 7.62. The standard InChI is InChI=1S/C28H44N2S2/c1-5-6-7-13-24-31-32-25-14-9-8-11-22-29-23-12-10-15-26(2)16-17-27-18-20-28(21-19-27)30(3)4/h10,12,15-21,23H,5-9,11,13-14,22,24-25H2,1-4H3/b12-10-,17-16+,26-15+,29-23+. The van der Waals surface area contributed by atoms with Crippen molar-refractivity contribution in [1.82, 2.24) is 0 Å². The second kappa shape index (κ2) is 20.2. The minimum Gasteiger partial charge on any atom is -0.378 e. The molecule has 0 bridgehead atoms. The van der Waals surface area contributed by atoms with Gasteiger partial charge in [0.1, 0.15) is 0 Å². The van der Waals surface area contributed by atoms with Crippen LogP contribution in [-0.2, 0) is 0 Å². The Labute approximate surface area is 206 Å². The van der Waals surface area contributed by atoms with Crippen LogP contribution in [0.15, 0.2) is 59.1 Å². The van der Waals surface area contributed by atoms with Crippen molar-refractivity contribution >= 4 is 39.6 Å². The number of nitrogens with zero attached hydrogens (tertiary/aromatic N) is 2. The van der Waals surface area contributed by atoms with E-state index in [9.17, 15) is 0 Å². The van der Waals surface area contributed by atoms with E-state index in [1.165, 1.54) is 79.7 Å². The van der Waals surface area contributed by atoms with Crippen LogP contribution in [0.2, 0.25) is 0 Å². The van der Waals surface area contributed by atoms with Crippen molar-refractivity contribution in [3.8, 4) is 0 Å². The molecule has 0 aromatic heterocycles. The molecule has 1 aromatic rings. The minimum atomic E-state index is 0.940. The molecule has 1 aromatic carbocycles. The quantitative estimate of drug-likeness (QED) is 0.0918. The Hall–Kier alpha value is -1.39. The topological polar surface area (TPSA) is 15.6 Å². The largest absolute Gasteiger partial charge is 0.378 e. The lowest BCUT2D eigenvalue weighted by Gasteiger charge is -2.11. The first-order valence-corrected chi connectivity index (χ1v) is 14.7. The molecule has 0 heterocycles. The lowest BCUT2D eigenvalue weighted by Crippen LogP contribution is -2.07. The first-order chi connectivity index (χ1) is 15.6. The van der Waals surface area contributed by atoms with Gasteiger partial charge < -0.3 is 4.90 Å². The number of unbranched alkanes of at least 4 members (excludes halogenated alkanes) is 6. The van der Waals surface area contributed by atoms with Crippen molar-refractivity contribution in [2.45, 2.75) is 65.2 Å². The molecule has 0 aliphatic rings. The van der Waals surface area contributed by atoms with E-state index in [1.807, 2.05) is 12.3 Å². The van der Waals surface area contributed by atoms with Gasteiger partial charge in [-0.25, -0.2) is 0 Å². The van der Waals surface area contributed by atoms with E-state index in [1.54, 1.807) is 0 Å². The first kappa shape index (κ1) is 28.6. The van der Waals surface area contributed by atoms with Gasteiger partial charge in [-0.2, -0.15) is 0 Å². The number of allylic oxidation sites excluding steroid dienone is 5. The molecule has 0 atom stereocenters. The Morgan fingerprint density at radius 2 is 1.53 bits per heavy atom. The Kier molecular flexibility index (Phi) is 18.1. The average molecular weight is 473 g/mol. The third kappa shape index (κ3) is 16.3. The van der Waals surface area contributed by atoms with E-state index in [-0.39, 0.29) is 0 Å². The zero-order valence-corrected chi connectivity index (χ0v) is 22.4. The van der Waals surface area contributed by atoms with Crippen LogP contribution in [0.3, 0.4) is 0 Å². The van der Waals surface area contributed by atoms with Crippen molar-refractivity contribution in [3.05, 3.63) is 59.7 Å². The molecule has 0 amide bonds. The first-order valence-electron chi connectivity index (χ1n) is 12.2. The van der Waals surface area contributed by atoms with E-state index in [0.717, 1.165) is 6.54 Å². The minimum absolute atomic E-state index is 0.940. The lowest BCUT2D eigenvalue weighted by molar-refractivity contribution is 0.680. The Morgan fingerprint density at radius 1 is 0.875 bits per heavy atom. The van der Waals surface area contributed by atoms with E-state index < -0.39 is 0 Å². The summed E-state index contributed by atoms with van der Waals surface area (Å²) in [7, 11) is 8.24. The van der Waals surface area contributed by atoms with Gasteiger partial charge in [0.2, 0.25) is 0 Å². The fourth-order valence-electron chi connectivity index (χ4n) is 2.98. The van der Waals surface area contributed by atoms with E-state index in [2.05, 4.69) is 108 Å². The SMILES string of the molecule is CCCCCCSSCCCCCC/N=C/C=C\C=C(C)\C=C\c1ccc(N(C)C)cc1. The summed E-state index contributed by atoms with van der Waals surface area (Å²) in [6.07, 6.45) is 23.1. The van der Waals surface area contributed by atoms with Gasteiger partial charge >= 0.3 is 0 Å². The van der Waals surface area contributed by atoms with Crippen LogP contribution in [0.4, 0.5) is 5.69 Å². The fraction of sp³-hybridized carbons (Fsp3) is 0.536. The maximum Gasteiger partial charge on any atom is 0.0389 e. The molecule has 0 N–H and O–H groups in total. The van der Waals surface area contributed by atoms with E-state index in [0.29, 0.717) is 0 Å². The summed E-state index contributed by atoms with van der Waals surface area (Å²) < 4.78 is 0. The summed E-state index contributed by atoms with van der Waals surface area (Å²) in [5, 5.41) is 0.